The minimum atomic E-state index is 0. The molecule has 0 rings (SSSR count). The van der Waals surface area contributed by atoms with Gasteiger partial charge in [0.15, 0.2) is 12.5 Å². The topological polar surface area (TPSA) is 34.1 Å². The molecule has 0 fully saturated rings. The van der Waals surface area contributed by atoms with Crippen LogP contribution in [0, 0.1) is 0 Å². The van der Waals surface area contributed by atoms with Crippen LogP contribution in [0.1, 0.15) is 0 Å². The van der Waals surface area contributed by atoms with Gasteiger partial charge in [-0.15, -0.1) is 0 Å². The maximum absolute atomic E-state index is 8.00. The first kappa shape index (κ1) is 25.3. The van der Waals surface area contributed by atoms with Crippen LogP contribution in [0.2, 0.25) is 0 Å². The van der Waals surface area contributed by atoms with E-state index in [9.17, 15) is 0 Å². The second-order valence-electron chi connectivity index (χ2n) is 0. The van der Waals surface area contributed by atoms with Crippen molar-refractivity contribution in [2.75, 3.05) is 0 Å². The Morgan fingerprint density at radius 2 is 1.00 bits per heavy atom. The van der Waals surface area contributed by atoms with E-state index < -0.39 is 0 Å². The molecule has 0 aliphatic carbocycles. The van der Waals surface area contributed by atoms with Crippen LogP contribution in [-0.2, 0) is 17.3 Å². The monoisotopic (exact) mass is 126 g/mol. The van der Waals surface area contributed by atoms with Gasteiger partial charge < -0.3 is 4.79 Å². The zero-order valence-corrected chi connectivity index (χ0v) is 2.75. The molecule has 0 atom stereocenters. The third kappa shape index (κ3) is 43.8. The van der Waals surface area contributed by atoms with Gasteiger partial charge in [0, 0.05) is 0 Å². The van der Waals surface area contributed by atoms with Gasteiger partial charge in [-0.2, -0.15) is 4.21 Å². The summed E-state index contributed by atoms with van der Waals surface area (Å²) in [6.07, 6.45) is 0. The molecule has 0 radical (unpaired) electrons. The van der Waals surface area contributed by atoms with E-state index in [0.29, 0.717) is 0 Å². The van der Waals surface area contributed by atoms with Crippen LogP contribution >= 0.6 is 0 Å². The SMILES string of the molecule is C=O.O=S.[NaH].[NaH]. The van der Waals surface area contributed by atoms with Crippen LogP contribution < -0.4 is 0 Å². The molecular formula is CH4Na2O2S. The van der Waals surface area contributed by atoms with Crippen LogP contribution in [0.25, 0.3) is 0 Å². The number of hydrogen-bond acceptors (Lipinski definition) is 3. The summed E-state index contributed by atoms with van der Waals surface area (Å²) in [7, 11) is 0. The van der Waals surface area contributed by atoms with Crippen LogP contribution in [0.3, 0.4) is 0 Å². The molecule has 0 aromatic carbocycles. The number of hydrogen-bond donors (Lipinski definition) is 0. The first-order valence-corrected chi connectivity index (χ1v) is 0.789. The van der Waals surface area contributed by atoms with Crippen molar-refractivity contribution < 1.29 is 9.00 Å². The second-order valence-corrected chi connectivity index (χ2v) is 0. The number of carbonyl (C=O) groups is 1. The Morgan fingerprint density at radius 3 is 1.00 bits per heavy atom. The fourth-order valence-electron chi connectivity index (χ4n) is 0. The normalized spacial score (nSPS) is 1.33. The molecule has 28 valence electrons. The molecule has 0 unspecified atom stereocenters. The van der Waals surface area contributed by atoms with Gasteiger partial charge in [-0.1, -0.05) is 0 Å². The van der Waals surface area contributed by atoms with Crippen molar-refractivity contribution in [3.05, 3.63) is 0 Å². The molecule has 6 heavy (non-hydrogen) atoms. The molecule has 0 aromatic heterocycles. The summed E-state index contributed by atoms with van der Waals surface area (Å²) in [5, 5.41) is 0. The molecule has 0 aliphatic rings. The zero-order chi connectivity index (χ0) is 4.00. The summed E-state index contributed by atoms with van der Waals surface area (Å²) in [6, 6.07) is 0. The van der Waals surface area contributed by atoms with Crippen molar-refractivity contribution >= 4 is 78.4 Å². The molecule has 0 aliphatic heterocycles. The molecule has 0 saturated heterocycles. The molecule has 0 bridgehead atoms. The molecule has 0 N–H and O–H groups in total. The summed E-state index contributed by atoms with van der Waals surface area (Å²) in [6.45, 7) is 2.00. The Bertz CT molecular complexity index is 13.5. The van der Waals surface area contributed by atoms with Crippen LogP contribution in [0.15, 0.2) is 0 Å². The van der Waals surface area contributed by atoms with E-state index in [1.54, 1.807) is 0 Å². The predicted molar refractivity (Wildman–Crippen MR) is 29.6 cm³/mol. The first-order valence-electron chi connectivity index (χ1n) is 0.455. The summed E-state index contributed by atoms with van der Waals surface area (Å²) >= 11 is 2.83. The van der Waals surface area contributed by atoms with Crippen molar-refractivity contribution in [1.29, 1.82) is 0 Å². The maximum atomic E-state index is 8.00. The van der Waals surface area contributed by atoms with E-state index in [4.69, 9.17) is 9.00 Å². The average Bonchev–Trinajstić information content (AvgIpc) is 1.50. The molecule has 0 spiro atoms. The molecule has 0 heterocycles. The van der Waals surface area contributed by atoms with E-state index in [1.807, 2.05) is 6.79 Å². The third-order valence-corrected chi connectivity index (χ3v) is 0. The van der Waals surface area contributed by atoms with E-state index >= 15 is 0 Å². The van der Waals surface area contributed by atoms with Gasteiger partial charge in [0.05, 0.1) is 0 Å². The van der Waals surface area contributed by atoms with Gasteiger partial charge >= 0.3 is 59.1 Å². The number of rotatable bonds is 0. The molecule has 2 nitrogen and oxygen atoms in total. The molecule has 5 heteroatoms. The molecule has 0 saturated carbocycles. The molecule has 0 aromatic rings. The second kappa shape index (κ2) is 75.8. The summed E-state index contributed by atoms with van der Waals surface area (Å²) in [5.41, 5.74) is 0. The Balaban J connectivity index is -0.00000000500. The summed E-state index contributed by atoms with van der Waals surface area (Å²) in [5.74, 6) is 0. The van der Waals surface area contributed by atoms with Crippen LogP contribution in [0.4, 0.5) is 0 Å². The van der Waals surface area contributed by atoms with E-state index in [1.165, 1.54) is 0 Å². The standard InChI is InChI=1S/CH2O.2Na.OS.2H/c1-2;;;1-2;;/h1H2;;;;;. The number of carbonyl (C=O) groups excluding carboxylic acids is 1. The van der Waals surface area contributed by atoms with Crippen molar-refractivity contribution in [1.82, 2.24) is 0 Å². The van der Waals surface area contributed by atoms with Crippen LogP contribution in [-0.4, -0.2) is 70.1 Å². The van der Waals surface area contributed by atoms with Crippen molar-refractivity contribution in [3.63, 3.8) is 0 Å². The van der Waals surface area contributed by atoms with Gasteiger partial charge in [-0.05, 0) is 0 Å². The van der Waals surface area contributed by atoms with Gasteiger partial charge in [0.25, 0.3) is 0 Å². The first-order chi connectivity index (χ1) is 2.00. The van der Waals surface area contributed by atoms with Crippen molar-refractivity contribution in [2.24, 2.45) is 0 Å². The summed E-state index contributed by atoms with van der Waals surface area (Å²) in [4.78, 5) is 8.00. The van der Waals surface area contributed by atoms with E-state index in [2.05, 4.69) is 12.5 Å². The van der Waals surface area contributed by atoms with Crippen LogP contribution in [0.5, 0.6) is 0 Å². The Morgan fingerprint density at radius 1 is 1.00 bits per heavy atom. The Kier molecular flexibility index (Phi) is 319. The fourth-order valence-corrected chi connectivity index (χ4v) is 0. The van der Waals surface area contributed by atoms with Crippen molar-refractivity contribution in [2.45, 2.75) is 0 Å². The third-order valence-electron chi connectivity index (χ3n) is 0. The van der Waals surface area contributed by atoms with Crippen molar-refractivity contribution in [3.8, 4) is 0 Å². The minimum absolute atomic E-state index is 0. The summed E-state index contributed by atoms with van der Waals surface area (Å²) < 4.78 is 7.83. The van der Waals surface area contributed by atoms with Gasteiger partial charge in [0.1, 0.15) is 6.79 Å². The predicted octanol–water partition coefficient (Wildman–Crippen LogP) is -1.82. The molecule has 0 amide bonds. The van der Waals surface area contributed by atoms with E-state index in [-0.39, 0.29) is 59.1 Å². The van der Waals surface area contributed by atoms with E-state index in [0.717, 1.165) is 0 Å². The fraction of sp³-hybridized carbons (Fsp3) is 0. The molecular weight excluding hydrogens is 122 g/mol. The quantitative estimate of drug-likeness (QED) is 0.358. The van der Waals surface area contributed by atoms with Gasteiger partial charge in [-0.25, -0.2) is 0 Å². The Labute approximate surface area is 86.2 Å². The van der Waals surface area contributed by atoms with Gasteiger partial charge in [0.2, 0.25) is 0 Å². The average molecular weight is 126 g/mol. The zero-order valence-electron chi connectivity index (χ0n) is 1.93. The Hall–Kier alpha value is 1.69. The van der Waals surface area contributed by atoms with Gasteiger partial charge in [-0.3, -0.25) is 0 Å².